The normalized spacial score (nSPS) is 45.6. The number of aromatic nitrogens is 2. The molecule has 2 heterocycles. The highest BCUT2D eigenvalue weighted by molar-refractivity contribution is 5.85. The molecule has 316 valence electrons. The molecule has 8 aliphatic rings. The minimum atomic E-state index is -0.809. The van der Waals surface area contributed by atoms with Crippen molar-refractivity contribution in [3.05, 3.63) is 30.1 Å². The van der Waals surface area contributed by atoms with Gasteiger partial charge < -0.3 is 19.7 Å². The van der Waals surface area contributed by atoms with Crippen molar-refractivity contribution in [2.45, 2.75) is 164 Å². The Morgan fingerprint density at radius 2 is 1.52 bits per heavy atom. The van der Waals surface area contributed by atoms with Gasteiger partial charge >= 0.3 is 11.9 Å². The predicted molar refractivity (Wildman–Crippen MR) is 224 cm³/mol. The number of carbonyl (C=O) groups excluding carboxylic acids is 2. The van der Waals surface area contributed by atoms with Crippen LogP contribution >= 0.6 is 0 Å². The number of likely N-dealkylation sites (tertiary alicyclic amines) is 1. The monoisotopic (exact) mass is 794 g/mol. The van der Waals surface area contributed by atoms with E-state index in [2.05, 4.69) is 69.6 Å². The van der Waals surface area contributed by atoms with Crippen molar-refractivity contribution in [1.29, 1.82) is 0 Å². The number of imidazole rings is 1. The van der Waals surface area contributed by atoms with Crippen LogP contribution in [0, 0.1) is 79.3 Å². The van der Waals surface area contributed by atoms with Crippen LogP contribution in [-0.2, 0) is 19.1 Å². The van der Waals surface area contributed by atoms with Crippen LogP contribution in [0.1, 0.15) is 164 Å². The van der Waals surface area contributed by atoms with Gasteiger partial charge in [0.2, 0.25) is 5.91 Å². The fourth-order valence-corrected chi connectivity index (χ4v) is 17.2. The van der Waals surface area contributed by atoms with Gasteiger partial charge in [0.05, 0.1) is 34.3 Å². The summed E-state index contributed by atoms with van der Waals surface area (Å²) in [6.45, 7) is 20.0. The summed E-state index contributed by atoms with van der Waals surface area (Å²) in [6, 6.07) is 8.31. The van der Waals surface area contributed by atoms with E-state index in [1.165, 1.54) is 38.5 Å². The number of esters is 1. The van der Waals surface area contributed by atoms with Gasteiger partial charge in [-0.25, -0.2) is 4.98 Å². The molecule has 10 rings (SSSR count). The minimum Gasteiger partial charge on any atom is -0.481 e. The number of rotatable bonds is 6. The quantitative estimate of drug-likeness (QED) is 0.282. The number of ether oxygens (including phenoxy) is 1. The van der Waals surface area contributed by atoms with Gasteiger partial charge in [0.1, 0.15) is 11.9 Å². The minimum absolute atomic E-state index is 0.0295. The van der Waals surface area contributed by atoms with Crippen molar-refractivity contribution < 1.29 is 24.2 Å². The van der Waals surface area contributed by atoms with E-state index in [1.54, 1.807) is 0 Å². The van der Waals surface area contributed by atoms with Gasteiger partial charge in [-0.05, 0) is 165 Å². The van der Waals surface area contributed by atoms with Crippen molar-refractivity contribution in [3.8, 4) is 0 Å². The maximum atomic E-state index is 15.6. The van der Waals surface area contributed by atoms with Crippen molar-refractivity contribution in [1.82, 2.24) is 14.9 Å². The molecule has 1 aliphatic heterocycles. The second kappa shape index (κ2) is 12.6. The maximum Gasteiger partial charge on any atom is 0.309 e. The molecule has 1 saturated heterocycles. The number of aromatic amines is 1. The third-order valence-corrected chi connectivity index (χ3v) is 21.1. The lowest BCUT2D eigenvalue weighted by Gasteiger charge is -2.73. The summed E-state index contributed by atoms with van der Waals surface area (Å²) in [7, 11) is 0. The third-order valence-electron chi connectivity index (χ3n) is 21.1. The van der Waals surface area contributed by atoms with E-state index < -0.39 is 17.3 Å². The molecule has 0 bridgehead atoms. The number of benzene rings is 1. The Balaban J connectivity index is 0.925. The molecule has 8 nitrogen and oxygen atoms in total. The molecule has 0 spiro atoms. The van der Waals surface area contributed by atoms with Gasteiger partial charge in [-0.3, -0.25) is 14.4 Å². The summed E-state index contributed by atoms with van der Waals surface area (Å²) in [5.74, 6) is 2.23. The molecule has 0 unspecified atom stereocenters. The summed E-state index contributed by atoms with van der Waals surface area (Å²) in [5, 5.41) is 9.71. The number of hydrogen-bond donors (Lipinski definition) is 2. The standard InChI is InChI=1S/C50H71N3O5/c1-44(2)31(41(54)55)28-32(44)42(56)58-38-19-20-47(6)36(45(38,3)4)18-21-49(8)37(47)16-15-30-39-29(46(5)23-24-46)17-22-50(39,26-25-48(30,49)7)43(57)53-27-11-14-35(53)40-51-33-12-9-10-13-34(33)52-40/h9-10,12-13,29-32,35-39H,11,14-28H2,1-8H3,(H,51,52)(H,54,55)/t29-,30-,31+,32-,35+,36+,37-,38+,39-,47+,48-,49-,50+/m1/s1. The molecule has 2 aromatic rings. The zero-order chi connectivity index (χ0) is 41.0. The summed E-state index contributed by atoms with van der Waals surface area (Å²) in [4.78, 5) is 52.2. The average molecular weight is 794 g/mol. The SMILES string of the molecule is CC1([C@@H]2CC[C@]3(C(=O)N4CCC[C@H]4c4nc5ccccc5[nH]4)CC[C@]4(C)[C@H](CC[C@@H]5[C@@]6(C)CC[C@H](OC(=O)[C@H]7C[C@@H](C(=O)O)C7(C)C)C(C)(C)[C@@H]6CC[C@]54C)[C@@H]23)CC1. The van der Waals surface area contributed by atoms with Crippen LogP contribution in [0.2, 0.25) is 0 Å². The van der Waals surface area contributed by atoms with Crippen LogP contribution in [0.4, 0.5) is 0 Å². The Bertz CT molecular complexity index is 2000. The molecule has 8 heteroatoms. The Hall–Kier alpha value is -2.90. The van der Waals surface area contributed by atoms with Crippen LogP contribution in [0.25, 0.3) is 11.0 Å². The molecule has 58 heavy (non-hydrogen) atoms. The Kier molecular flexibility index (Phi) is 8.52. The van der Waals surface area contributed by atoms with Crippen molar-refractivity contribution in [3.63, 3.8) is 0 Å². The molecule has 7 aliphatic carbocycles. The first kappa shape index (κ1) is 39.2. The molecule has 7 saturated carbocycles. The third kappa shape index (κ3) is 5.10. The van der Waals surface area contributed by atoms with Gasteiger partial charge in [0, 0.05) is 12.0 Å². The number of fused-ring (bicyclic) bond motifs is 8. The first-order valence-corrected chi connectivity index (χ1v) is 23.5. The zero-order valence-electron chi connectivity index (χ0n) is 36.8. The highest BCUT2D eigenvalue weighted by Crippen LogP contribution is 2.79. The van der Waals surface area contributed by atoms with E-state index in [1.807, 2.05) is 19.9 Å². The van der Waals surface area contributed by atoms with Gasteiger partial charge in [0.25, 0.3) is 0 Å². The van der Waals surface area contributed by atoms with Crippen molar-refractivity contribution >= 4 is 28.9 Å². The van der Waals surface area contributed by atoms with E-state index in [-0.39, 0.29) is 51.1 Å². The fourth-order valence-electron chi connectivity index (χ4n) is 17.2. The smallest absolute Gasteiger partial charge is 0.309 e. The zero-order valence-corrected chi connectivity index (χ0v) is 36.8. The highest BCUT2D eigenvalue weighted by Gasteiger charge is 2.74. The van der Waals surface area contributed by atoms with Crippen molar-refractivity contribution in [2.75, 3.05) is 6.54 Å². The first-order chi connectivity index (χ1) is 27.3. The van der Waals surface area contributed by atoms with Gasteiger partial charge in [-0.2, -0.15) is 0 Å². The Morgan fingerprint density at radius 1 is 0.759 bits per heavy atom. The first-order valence-electron chi connectivity index (χ1n) is 23.5. The number of para-hydroxylation sites is 2. The predicted octanol–water partition coefficient (Wildman–Crippen LogP) is 10.8. The lowest BCUT2D eigenvalue weighted by molar-refractivity contribution is -0.253. The van der Waals surface area contributed by atoms with E-state index in [0.717, 1.165) is 74.8 Å². The molecular weight excluding hydrogens is 723 g/mol. The Labute approximate surface area is 346 Å². The van der Waals surface area contributed by atoms with E-state index in [4.69, 9.17) is 9.72 Å². The van der Waals surface area contributed by atoms with Gasteiger partial charge in [0.15, 0.2) is 0 Å². The van der Waals surface area contributed by atoms with Crippen LogP contribution in [0.15, 0.2) is 24.3 Å². The number of nitrogens with one attached hydrogen (secondary N) is 1. The fraction of sp³-hybridized carbons (Fsp3) is 0.800. The summed E-state index contributed by atoms with van der Waals surface area (Å²) in [6.07, 6.45) is 16.0. The maximum absolute atomic E-state index is 15.6. The van der Waals surface area contributed by atoms with Crippen molar-refractivity contribution in [2.24, 2.45) is 79.3 Å². The number of carboxylic acid groups (broad SMARTS) is 1. The highest BCUT2D eigenvalue weighted by atomic mass is 16.5. The molecule has 0 radical (unpaired) electrons. The van der Waals surface area contributed by atoms with E-state index in [0.29, 0.717) is 47.3 Å². The number of amides is 1. The lowest BCUT2D eigenvalue weighted by Crippen LogP contribution is -2.67. The number of carboxylic acids is 1. The Morgan fingerprint density at radius 3 is 2.22 bits per heavy atom. The molecular formula is C50H71N3O5. The summed E-state index contributed by atoms with van der Waals surface area (Å²) >= 11 is 0. The molecule has 8 fully saturated rings. The van der Waals surface area contributed by atoms with E-state index in [9.17, 15) is 14.7 Å². The molecule has 1 aromatic heterocycles. The van der Waals surface area contributed by atoms with Gasteiger partial charge in [-0.15, -0.1) is 0 Å². The average Bonchev–Trinajstić information content (AvgIpc) is 3.52. The van der Waals surface area contributed by atoms with Crippen LogP contribution in [0.5, 0.6) is 0 Å². The molecule has 2 N–H and O–H groups in total. The number of aliphatic carboxylic acids is 1. The number of carbonyl (C=O) groups is 3. The summed E-state index contributed by atoms with van der Waals surface area (Å²) in [5.41, 5.74) is 1.89. The lowest BCUT2D eigenvalue weighted by atomic mass is 9.32. The second-order valence-corrected chi connectivity index (χ2v) is 23.7. The molecule has 13 atom stereocenters. The second-order valence-electron chi connectivity index (χ2n) is 23.7. The number of H-pyrrole nitrogens is 1. The largest absolute Gasteiger partial charge is 0.481 e. The van der Waals surface area contributed by atoms with Gasteiger partial charge in [-0.1, -0.05) is 67.5 Å². The number of nitrogens with zero attached hydrogens (tertiary/aromatic N) is 2. The van der Waals surface area contributed by atoms with Crippen LogP contribution in [-0.4, -0.2) is 50.5 Å². The molecule has 1 amide bonds. The van der Waals surface area contributed by atoms with Crippen LogP contribution < -0.4 is 0 Å². The topological polar surface area (TPSA) is 113 Å². The summed E-state index contributed by atoms with van der Waals surface area (Å²) < 4.78 is 6.49. The van der Waals surface area contributed by atoms with Crippen LogP contribution in [0.3, 0.4) is 0 Å². The van der Waals surface area contributed by atoms with E-state index >= 15 is 4.79 Å². The number of hydrogen-bond acceptors (Lipinski definition) is 5. The molecule has 1 aromatic carbocycles.